The van der Waals surface area contributed by atoms with Gasteiger partial charge in [0.2, 0.25) is 0 Å². The summed E-state index contributed by atoms with van der Waals surface area (Å²) in [6.45, 7) is 1.82. The van der Waals surface area contributed by atoms with E-state index in [0.717, 1.165) is 31.6 Å². The molecule has 84 valence electrons. The van der Waals surface area contributed by atoms with Crippen molar-refractivity contribution in [2.75, 3.05) is 25.1 Å². The zero-order valence-electron chi connectivity index (χ0n) is 9.39. The average molecular weight is 217 g/mol. The number of piperidine rings is 1. The summed E-state index contributed by atoms with van der Waals surface area (Å²) in [6.07, 6.45) is 5.87. The molecule has 4 nitrogen and oxygen atoms in total. The molecule has 0 spiro atoms. The molecule has 1 aliphatic heterocycles. The van der Waals surface area contributed by atoms with Gasteiger partial charge < -0.3 is 9.64 Å². The van der Waals surface area contributed by atoms with Gasteiger partial charge in [-0.1, -0.05) is 0 Å². The number of pyridine rings is 1. The van der Waals surface area contributed by atoms with Crippen molar-refractivity contribution in [1.82, 2.24) is 4.98 Å². The lowest BCUT2D eigenvalue weighted by Gasteiger charge is -2.33. The van der Waals surface area contributed by atoms with E-state index in [-0.39, 0.29) is 6.10 Å². The average Bonchev–Trinajstić information content (AvgIpc) is 2.38. The Kier molecular flexibility index (Phi) is 3.37. The Bertz CT molecular complexity index is 399. The smallest absolute Gasteiger partial charge is 0.101 e. The molecule has 0 bridgehead atoms. The lowest BCUT2D eigenvalue weighted by atomic mass is 10.1. The predicted molar refractivity (Wildman–Crippen MR) is 61.2 cm³/mol. The van der Waals surface area contributed by atoms with Crippen LogP contribution in [0.5, 0.6) is 0 Å². The number of methoxy groups -OCH3 is 1. The molecule has 0 amide bonds. The fourth-order valence-electron chi connectivity index (χ4n) is 2.08. The van der Waals surface area contributed by atoms with Gasteiger partial charge >= 0.3 is 0 Å². The molecule has 0 saturated carbocycles. The van der Waals surface area contributed by atoms with E-state index in [4.69, 9.17) is 10.00 Å². The van der Waals surface area contributed by atoms with E-state index in [2.05, 4.69) is 16.0 Å². The molecule has 0 radical (unpaired) electrons. The van der Waals surface area contributed by atoms with Crippen molar-refractivity contribution in [2.45, 2.75) is 18.9 Å². The second-order valence-electron chi connectivity index (χ2n) is 3.95. The third kappa shape index (κ3) is 2.15. The van der Waals surface area contributed by atoms with Crippen LogP contribution in [0.15, 0.2) is 18.5 Å². The van der Waals surface area contributed by atoms with Crippen LogP contribution in [0.25, 0.3) is 0 Å². The summed E-state index contributed by atoms with van der Waals surface area (Å²) in [5.74, 6) is 0. The largest absolute Gasteiger partial charge is 0.380 e. The number of ether oxygens (including phenoxy) is 1. The second kappa shape index (κ2) is 4.95. The van der Waals surface area contributed by atoms with Crippen molar-refractivity contribution in [1.29, 1.82) is 5.26 Å². The zero-order valence-corrected chi connectivity index (χ0v) is 9.39. The first kappa shape index (κ1) is 10.9. The number of hydrogen-bond donors (Lipinski definition) is 0. The van der Waals surface area contributed by atoms with E-state index in [9.17, 15) is 0 Å². The van der Waals surface area contributed by atoms with Gasteiger partial charge in [-0.2, -0.15) is 5.26 Å². The highest BCUT2D eigenvalue weighted by Gasteiger charge is 2.21. The second-order valence-corrected chi connectivity index (χ2v) is 3.95. The molecular weight excluding hydrogens is 202 g/mol. The van der Waals surface area contributed by atoms with Gasteiger partial charge in [-0.05, 0) is 18.9 Å². The van der Waals surface area contributed by atoms with E-state index in [1.807, 2.05) is 0 Å². The molecule has 1 unspecified atom stereocenters. The van der Waals surface area contributed by atoms with E-state index in [1.54, 1.807) is 25.6 Å². The van der Waals surface area contributed by atoms with E-state index in [1.165, 1.54) is 0 Å². The molecule has 2 rings (SSSR count). The molecule has 16 heavy (non-hydrogen) atoms. The molecule has 4 heteroatoms. The maximum absolute atomic E-state index is 9.04. The molecule has 1 atom stereocenters. The lowest BCUT2D eigenvalue weighted by molar-refractivity contribution is 0.0893. The monoisotopic (exact) mass is 217 g/mol. The fraction of sp³-hybridized carbons (Fsp3) is 0.500. The molecule has 1 fully saturated rings. The Morgan fingerprint density at radius 1 is 1.62 bits per heavy atom. The van der Waals surface area contributed by atoms with Crippen LogP contribution in [0, 0.1) is 11.3 Å². The maximum atomic E-state index is 9.04. The summed E-state index contributed by atoms with van der Waals surface area (Å²) < 4.78 is 5.37. The maximum Gasteiger partial charge on any atom is 0.101 e. The van der Waals surface area contributed by atoms with Crippen LogP contribution in [-0.4, -0.2) is 31.3 Å². The van der Waals surface area contributed by atoms with Gasteiger partial charge in [0.25, 0.3) is 0 Å². The third-order valence-corrected chi connectivity index (χ3v) is 2.97. The predicted octanol–water partition coefficient (Wildman–Crippen LogP) is 1.57. The minimum Gasteiger partial charge on any atom is -0.380 e. The summed E-state index contributed by atoms with van der Waals surface area (Å²) in [4.78, 5) is 6.27. The number of nitrogens with zero attached hydrogens (tertiary/aromatic N) is 3. The van der Waals surface area contributed by atoms with Crippen molar-refractivity contribution in [2.24, 2.45) is 0 Å². The summed E-state index contributed by atoms with van der Waals surface area (Å²) in [6, 6.07) is 3.96. The number of aromatic nitrogens is 1. The van der Waals surface area contributed by atoms with Gasteiger partial charge in [0.1, 0.15) is 6.07 Å². The molecule has 1 aliphatic rings. The number of anilines is 1. The normalized spacial score (nSPS) is 20.5. The first-order chi connectivity index (χ1) is 7.85. The Balaban J connectivity index is 2.20. The molecular formula is C12H15N3O. The topological polar surface area (TPSA) is 49.1 Å². The summed E-state index contributed by atoms with van der Waals surface area (Å²) in [7, 11) is 1.74. The van der Waals surface area contributed by atoms with Crippen molar-refractivity contribution >= 4 is 5.69 Å². The van der Waals surface area contributed by atoms with Crippen LogP contribution < -0.4 is 4.90 Å². The highest BCUT2D eigenvalue weighted by molar-refractivity contribution is 5.57. The summed E-state index contributed by atoms with van der Waals surface area (Å²) in [5, 5.41) is 9.04. The first-order valence-electron chi connectivity index (χ1n) is 5.47. The van der Waals surface area contributed by atoms with Gasteiger partial charge in [0.05, 0.1) is 23.6 Å². The Morgan fingerprint density at radius 2 is 2.50 bits per heavy atom. The van der Waals surface area contributed by atoms with Crippen molar-refractivity contribution in [3.8, 4) is 6.07 Å². The van der Waals surface area contributed by atoms with Crippen molar-refractivity contribution in [3.63, 3.8) is 0 Å². The summed E-state index contributed by atoms with van der Waals surface area (Å²) >= 11 is 0. The molecule has 1 aromatic rings. The third-order valence-electron chi connectivity index (χ3n) is 2.97. The Hall–Kier alpha value is -1.60. The van der Waals surface area contributed by atoms with Crippen LogP contribution in [-0.2, 0) is 4.74 Å². The zero-order chi connectivity index (χ0) is 11.4. The lowest BCUT2D eigenvalue weighted by Crippen LogP contribution is -2.39. The van der Waals surface area contributed by atoms with Crippen molar-refractivity contribution in [3.05, 3.63) is 24.0 Å². The van der Waals surface area contributed by atoms with E-state index >= 15 is 0 Å². The highest BCUT2D eigenvalue weighted by atomic mass is 16.5. The molecule has 1 saturated heterocycles. The molecule has 1 aromatic heterocycles. The SMILES string of the molecule is COC1CCCN(c2cnccc2C#N)C1. The first-order valence-corrected chi connectivity index (χ1v) is 5.47. The quantitative estimate of drug-likeness (QED) is 0.754. The van der Waals surface area contributed by atoms with Gasteiger partial charge in [0.15, 0.2) is 0 Å². The molecule has 0 N–H and O–H groups in total. The molecule has 0 aliphatic carbocycles. The Morgan fingerprint density at radius 3 is 3.25 bits per heavy atom. The molecule has 0 aromatic carbocycles. The Labute approximate surface area is 95.5 Å². The number of nitriles is 1. The van der Waals surface area contributed by atoms with E-state index in [0.29, 0.717) is 5.56 Å². The van der Waals surface area contributed by atoms with Crippen LogP contribution in [0.3, 0.4) is 0 Å². The number of rotatable bonds is 2. The van der Waals surface area contributed by atoms with Gasteiger partial charge in [-0.15, -0.1) is 0 Å². The van der Waals surface area contributed by atoms with Gasteiger partial charge in [-0.25, -0.2) is 0 Å². The van der Waals surface area contributed by atoms with Crippen LogP contribution in [0.2, 0.25) is 0 Å². The van der Waals surface area contributed by atoms with Gasteiger partial charge in [0, 0.05) is 26.4 Å². The van der Waals surface area contributed by atoms with Crippen LogP contribution in [0.4, 0.5) is 5.69 Å². The highest BCUT2D eigenvalue weighted by Crippen LogP contribution is 2.23. The minimum atomic E-state index is 0.264. The van der Waals surface area contributed by atoms with E-state index < -0.39 is 0 Å². The minimum absolute atomic E-state index is 0.264. The number of hydrogen-bond acceptors (Lipinski definition) is 4. The van der Waals surface area contributed by atoms with Crippen LogP contribution in [0.1, 0.15) is 18.4 Å². The summed E-state index contributed by atoms with van der Waals surface area (Å²) in [5.41, 5.74) is 1.61. The van der Waals surface area contributed by atoms with Crippen LogP contribution >= 0.6 is 0 Å². The van der Waals surface area contributed by atoms with Crippen molar-refractivity contribution < 1.29 is 4.74 Å². The fourth-order valence-corrected chi connectivity index (χ4v) is 2.08. The van der Waals surface area contributed by atoms with Gasteiger partial charge in [-0.3, -0.25) is 4.98 Å². The standard InChI is InChI=1S/C12H15N3O/c1-16-11-3-2-6-15(9-11)12-8-14-5-4-10(12)7-13/h4-5,8,11H,2-3,6,9H2,1H3. The molecule has 2 heterocycles.